The lowest BCUT2D eigenvalue weighted by atomic mass is 10.1. The number of aryl methyl sites for hydroxylation is 1. The fraction of sp³-hybridized carbons (Fsp3) is 0.385. The normalized spacial score (nSPS) is 10.6. The van der Waals surface area contributed by atoms with Gasteiger partial charge in [-0.2, -0.15) is 4.98 Å². The van der Waals surface area contributed by atoms with Gasteiger partial charge in [-0.25, -0.2) is 0 Å². The fourth-order valence-electron chi connectivity index (χ4n) is 1.78. The van der Waals surface area contributed by atoms with Crippen LogP contribution in [0.2, 0.25) is 0 Å². The van der Waals surface area contributed by atoms with Crippen LogP contribution >= 0.6 is 0 Å². The molecule has 0 radical (unpaired) electrons. The Morgan fingerprint density at radius 1 is 1.28 bits per heavy atom. The van der Waals surface area contributed by atoms with Crippen molar-refractivity contribution in [2.45, 2.75) is 20.8 Å². The van der Waals surface area contributed by atoms with Gasteiger partial charge >= 0.3 is 0 Å². The molecule has 0 unspecified atom stereocenters. The molecule has 0 aliphatic heterocycles. The third-order valence-corrected chi connectivity index (χ3v) is 2.85. The molecule has 18 heavy (non-hydrogen) atoms. The first kappa shape index (κ1) is 12.4. The van der Waals surface area contributed by atoms with Crippen LogP contribution in [0.3, 0.4) is 0 Å². The summed E-state index contributed by atoms with van der Waals surface area (Å²) >= 11 is 0. The Kier molecular flexibility index (Phi) is 3.50. The van der Waals surface area contributed by atoms with E-state index in [0.717, 1.165) is 18.7 Å². The topological polar surface area (TPSA) is 62.4 Å². The van der Waals surface area contributed by atoms with Crippen LogP contribution in [-0.2, 0) is 0 Å². The van der Waals surface area contributed by atoms with Gasteiger partial charge in [0.15, 0.2) is 0 Å². The number of hydrogen-bond acceptors (Lipinski definition) is 5. The zero-order valence-corrected chi connectivity index (χ0v) is 10.8. The quantitative estimate of drug-likeness (QED) is 0.899. The largest absolute Gasteiger partial charge is 0.507 e. The summed E-state index contributed by atoms with van der Waals surface area (Å²) in [5, 5.41) is 13.8. The van der Waals surface area contributed by atoms with E-state index in [2.05, 4.69) is 10.1 Å². The van der Waals surface area contributed by atoms with Gasteiger partial charge in [-0.3, -0.25) is 0 Å². The highest BCUT2D eigenvalue weighted by molar-refractivity contribution is 5.63. The van der Waals surface area contributed by atoms with E-state index in [0.29, 0.717) is 17.4 Å². The maximum Gasteiger partial charge on any atom is 0.266 e. The third kappa shape index (κ3) is 2.30. The van der Waals surface area contributed by atoms with Crippen molar-refractivity contribution < 1.29 is 9.63 Å². The molecule has 0 aliphatic carbocycles. The van der Waals surface area contributed by atoms with Gasteiger partial charge in [0.05, 0.1) is 5.56 Å². The lowest BCUT2D eigenvalue weighted by molar-refractivity contribution is 0.423. The third-order valence-electron chi connectivity index (χ3n) is 2.85. The predicted octanol–water partition coefficient (Wildman–Crippen LogP) is 2.60. The summed E-state index contributed by atoms with van der Waals surface area (Å²) in [6.45, 7) is 7.61. The van der Waals surface area contributed by atoms with E-state index >= 15 is 0 Å². The molecule has 2 aromatic rings. The average Bonchev–Trinajstić information content (AvgIpc) is 2.80. The second-order valence-electron chi connectivity index (χ2n) is 4.09. The zero-order chi connectivity index (χ0) is 13.1. The summed E-state index contributed by atoms with van der Waals surface area (Å²) in [4.78, 5) is 6.29. The predicted molar refractivity (Wildman–Crippen MR) is 69.7 cm³/mol. The van der Waals surface area contributed by atoms with Crippen LogP contribution in [0.4, 0.5) is 5.95 Å². The number of anilines is 1. The number of rotatable bonds is 4. The first-order chi connectivity index (χ1) is 8.65. The van der Waals surface area contributed by atoms with Crippen molar-refractivity contribution in [3.05, 3.63) is 23.8 Å². The Balaban J connectivity index is 2.34. The summed E-state index contributed by atoms with van der Waals surface area (Å²) in [6, 6.07) is 5.36. The van der Waals surface area contributed by atoms with Crippen LogP contribution in [0.15, 0.2) is 22.7 Å². The van der Waals surface area contributed by atoms with Crippen LogP contribution < -0.4 is 4.90 Å². The molecule has 5 nitrogen and oxygen atoms in total. The van der Waals surface area contributed by atoms with E-state index < -0.39 is 0 Å². The van der Waals surface area contributed by atoms with Crippen molar-refractivity contribution >= 4 is 5.95 Å². The minimum absolute atomic E-state index is 0.157. The summed E-state index contributed by atoms with van der Waals surface area (Å²) in [6.07, 6.45) is 0. The Bertz CT molecular complexity index is 533. The SMILES string of the molecule is CCN(CC)c1noc(-c2ccc(C)cc2O)n1. The average molecular weight is 247 g/mol. The molecule has 0 saturated heterocycles. The minimum Gasteiger partial charge on any atom is -0.507 e. The minimum atomic E-state index is 0.157. The summed E-state index contributed by atoms with van der Waals surface area (Å²) < 4.78 is 5.19. The lowest BCUT2D eigenvalue weighted by Crippen LogP contribution is -2.22. The van der Waals surface area contributed by atoms with E-state index in [1.165, 1.54) is 0 Å². The van der Waals surface area contributed by atoms with Crippen LogP contribution in [0, 0.1) is 6.92 Å². The molecule has 5 heteroatoms. The summed E-state index contributed by atoms with van der Waals surface area (Å²) in [5.41, 5.74) is 1.55. The van der Waals surface area contributed by atoms with Crippen LogP contribution in [0.1, 0.15) is 19.4 Å². The van der Waals surface area contributed by atoms with E-state index in [1.54, 1.807) is 12.1 Å². The van der Waals surface area contributed by atoms with E-state index in [-0.39, 0.29) is 5.75 Å². The van der Waals surface area contributed by atoms with Crippen molar-refractivity contribution in [2.24, 2.45) is 0 Å². The van der Waals surface area contributed by atoms with Crippen molar-refractivity contribution in [1.82, 2.24) is 10.1 Å². The van der Waals surface area contributed by atoms with Crippen molar-refractivity contribution in [3.63, 3.8) is 0 Å². The molecular weight excluding hydrogens is 230 g/mol. The van der Waals surface area contributed by atoms with E-state index in [1.807, 2.05) is 31.7 Å². The first-order valence-electron chi connectivity index (χ1n) is 6.04. The molecule has 0 aliphatic rings. The molecule has 0 spiro atoms. The zero-order valence-electron chi connectivity index (χ0n) is 10.8. The molecule has 1 aromatic carbocycles. The Morgan fingerprint density at radius 3 is 2.61 bits per heavy atom. The van der Waals surface area contributed by atoms with Gasteiger partial charge in [0, 0.05) is 13.1 Å². The van der Waals surface area contributed by atoms with Crippen LogP contribution in [-0.4, -0.2) is 28.3 Å². The van der Waals surface area contributed by atoms with Crippen molar-refractivity contribution in [1.29, 1.82) is 0 Å². The summed E-state index contributed by atoms with van der Waals surface area (Å²) in [7, 11) is 0. The molecule has 1 N–H and O–H groups in total. The Labute approximate surface area is 106 Å². The summed E-state index contributed by atoms with van der Waals surface area (Å²) in [5.74, 6) is 1.05. The second-order valence-corrected chi connectivity index (χ2v) is 4.09. The van der Waals surface area contributed by atoms with Gasteiger partial charge in [0.2, 0.25) is 0 Å². The van der Waals surface area contributed by atoms with Crippen molar-refractivity contribution in [2.75, 3.05) is 18.0 Å². The van der Waals surface area contributed by atoms with Gasteiger partial charge in [-0.15, -0.1) is 0 Å². The molecule has 1 heterocycles. The number of hydrogen-bond donors (Lipinski definition) is 1. The fourth-order valence-corrected chi connectivity index (χ4v) is 1.78. The molecule has 0 amide bonds. The monoisotopic (exact) mass is 247 g/mol. The Hall–Kier alpha value is -2.04. The van der Waals surface area contributed by atoms with Gasteiger partial charge in [0.1, 0.15) is 5.75 Å². The number of benzene rings is 1. The molecule has 96 valence electrons. The maximum atomic E-state index is 9.87. The molecule has 0 saturated carbocycles. The van der Waals surface area contributed by atoms with Gasteiger partial charge in [-0.1, -0.05) is 6.07 Å². The van der Waals surface area contributed by atoms with E-state index in [4.69, 9.17) is 4.52 Å². The van der Waals surface area contributed by atoms with E-state index in [9.17, 15) is 5.11 Å². The number of aromatic nitrogens is 2. The lowest BCUT2D eigenvalue weighted by Gasteiger charge is -2.14. The molecule has 0 fully saturated rings. The standard InChI is InChI=1S/C13H17N3O2/c1-4-16(5-2)13-14-12(18-15-13)10-7-6-9(3)8-11(10)17/h6-8,17H,4-5H2,1-3H3. The Morgan fingerprint density at radius 2 is 2.00 bits per heavy atom. The highest BCUT2D eigenvalue weighted by Gasteiger charge is 2.15. The number of phenolic OH excluding ortho intramolecular Hbond substituents is 1. The maximum absolute atomic E-state index is 9.87. The smallest absolute Gasteiger partial charge is 0.266 e. The van der Waals surface area contributed by atoms with Crippen molar-refractivity contribution in [3.8, 4) is 17.2 Å². The first-order valence-corrected chi connectivity index (χ1v) is 6.04. The van der Waals surface area contributed by atoms with Gasteiger partial charge in [0.25, 0.3) is 11.8 Å². The molecule has 1 aromatic heterocycles. The molecule has 2 rings (SSSR count). The molecule has 0 atom stereocenters. The van der Waals surface area contributed by atoms with Crippen LogP contribution in [0.25, 0.3) is 11.5 Å². The second kappa shape index (κ2) is 5.08. The highest BCUT2D eigenvalue weighted by atomic mass is 16.5. The number of phenols is 1. The number of nitrogens with zero attached hydrogens (tertiary/aromatic N) is 3. The molecular formula is C13H17N3O2. The number of aromatic hydroxyl groups is 1. The molecule has 0 bridgehead atoms. The van der Waals surface area contributed by atoms with Gasteiger partial charge < -0.3 is 14.5 Å². The van der Waals surface area contributed by atoms with Gasteiger partial charge in [-0.05, 0) is 43.6 Å². The highest BCUT2D eigenvalue weighted by Crippen LogP contribution is 2.29. The van der Waals surface area contributed by atoms with Crippen LogP contribution in [0.5, 0.6) is 5.75 Å².